The Morgan fingerprint density at radius 2 is 2.40 bits per heavy atom. The van der Waals surface area contributed by atoms with Crippen molar-refractivity contribution < 1.29 is 4.79 Å². The lowest BCUT2D eigenvalue weighted by molar-refractivity contribution is 0.0776. The average Bonchev–Trinajstić information content (AvgIpc) is 2.63. The predicted octanol–water partition coefficient (Wildman–Crippen LogP) is 1.11. The highest BCUT2D eigenvalue weighted by molar-refractivity contribution is 5.97. The highest BCUT2D eigenvalue weighted by atomic mass is 16.2. The summed E-state index contributed by atoms with van der Waals surface area (Å²) in [5.41, 5.74) is 6.02. The molecular weight excluding hydrogens is 192 g/mol. The van der Waals surface area contributed by atoms with Crippen LogP contribution in [0.2, 0.25) is 0 Å². The highest BCUT2D eigenvalue weighted by Crippen LogP contribution is 2.11. The van der Waals surface area contributed by atoms with E-state index in [4.69, 9.17) is 5.73 Å². The van der Waals surface area contributed by atoms with Crippen LogP contribution < -0.4 is 5.73 Å². The number of nitrogens with two attached hydrogens (primary N) is 1. The lowest BCUT2D eigenvalue weighted by atomic mass is 10.1. The minimum atomic E-state index is -0.0819. The summed E-state index contributed by atoms with van der Waals surface area (Å²) < 4.78 is 0. The Kier molecular flexibility index (Phi) is 3.71. The second-order valence-corrected chi connectivity index (χ2v) is 3.90. The molecule has 0 fully saturated rings. The third-order valence-electron chi connectivity index (χ3n) is 2.53. The minimum absolute atomic E-state index is 0.0819. The monoisotopic (exact) mass is 210 g/mol. The van der Waals surface area contributed by atoms with Crippen molar-refractivity contribution in [2.75, 3.05) is 19.3 Å². The molecule has 0 bridgehead atoms. The van der Waals surface area contributed by atoms with Gasteiger partial charge in [0.05, 0.1) is 6.20 Å². The first kappa shape index (κ1) is 11.6. The Labute approximate surface area is 89.6 Å². The zero-order valence-corrected chi connectivity index (χ0v) is 9.45. The molecule has 1 heterocycles. The van der Waals surface area contributed by atoms with Crippen LogP contribution in [0.4, 0.5) is 5.82 Å². The van der Waals surface area contributed by atoms with Gasteiger partial charge in [0.1, 0.15) is 11.4 Å². The zero-order chi connectivity index (χ0) is 11.4. The van der Waals surface area contributed by atoms with Gasteiger partial charge in [-0.2, -0.15) is 5.10 Å². The van der Waals surface area contributed by atoms with E-state index in [1.165, 1.54) is 6.20 Å². The number of aromatic nitrogens is 2. The fraction of sp³-hybridized carbons (Fsp3) is 0.600. The van der Waals surface area contributed by atoms with Crippen molar-refractivity contribution in [2.45, 2.75) is 20.3 Å². The molecule has 0 saturated heterocycles. The molecule has 1 amide bonds. The number of nitrogens with zero attached hydrogens (tertiary/aromatic N) is 2. The van der Waals surface area contributed by atoms with E-state index in [1.54, 1.807) is 11.9 Å². The first-order valence-electron chi connectivity index (χ1n) is 5.10. The molecule has 5 heteroatoms. The Morgan fingerprint density at radius 3 is 2.87 bits per heavy atom. The molecule has 0 saturated carbocycles. The summed E-state index contributed by atoms with van der Waals surface area (Å²) in [5, 5.41) is 6.28. The maximum Gasteiger partial charge on any atom is 0.258 e. The summed E-state index contributed by atoms with van der Waals surface area (Å²) in [7, 11) is 1.78. The van der Waals surface area contributed by atoms with Gasteiger partial charge in [0.2, 0.25) is 0 Å². The van der Waals surface area contributed by atoms with Crippen LogP contribution >= 0.6 is 0 Å². The highest BCUT2D eigenvalue weighted by Gasteiger charge is 2.17. The van der Waals surface area contributed by atoms with Gasteiger partial charge in [-0.05, 0) is 5.92 Å². The molecule has 1 rings (SSSR count). The van der Waals surface area contributed by atoms with Crippen LogP contribution in [0.3, 0.4) is 0 Å². The maximum atomic E-state index is 11.9. The summed E-state index contributed by atoms with van der Waals surface area (Å²) in [6, 6.07) is 0. The van der Waals surface area contributed by atoms with Crippen LogP contribution in [0.25, 0.3) is 0 Å². The van der Waals surface area contributed by atoms with Gasteiger partial charge in [0, 0.05) is 13.6 Å². The topological polar surface area (TPSA) is 75.0 Å². The predicted molar refractivity (Wildman–Crippen MR) is 59.4 cm³/mol. The Morgan fingerprint density at radius 1 is 1.73 bits per heavy atom. The molecule has 1 atom stereocenters. The number of rotatable bonds is 4. The molecule has 0 radical (unpaired) electrons. The van der Waals surface area contributed by atoms with E-state index in [9.17, 15) is 4.79 Å². The van der Waals surface area contributed by atoms with Crippen molar-refractivity contribution in [1.82, 2.24) is 15.1 Å². The van der Waals surface area contributed by atoms with E-state index in [-0.39, 0.29) is 5.91 Å². The number of H-pyrrole nitrogens is 1. The van der Waals surface area contributed by atoms with Gasteiger partial charge in [-0.15, -0.1) is 0 Å². The Bertz CT molecular complexity index is 334. The molecule has 1 aromatic rings. The minimum Gasteiger partial charge on any atom is -0.383 e. The van der Waals surface area contributed by atoms with Crippen LogP contribution in [0.15, 0.2) is 6.20 Å². The lowest BCUT2D eigenvalue weighted by Gasteiger charge is -2.20. The van der Waals surface area contributed by atoms with Crippen molar-refractivity contribution in [1.29, 1.82) is 0 Å². The molecule has 15 heavy (non-hydrogen) atoms. The fourth-order valence-corrected chi connectivity index (χ4v) is 1.35. The third kappa shape index (κ3) is 2.71. The molecule has 84 valence electrons. The smallest absolute Gasteiger partial charge is 0.258 e. The molecule has 0 aliphatic carbocycles. The summed E-state index contributed by atoms with van der Waals surface area (Å²) in [6.45, 7) is 4.96. The van der Waals surface area contributed by atoms with E-state index in [2.05, 4.69) is 24.0 Å². The van der Waals surface area contributed by atoms with Gasteiger partial charge in [-0.1, -0.05) is 20.3 Å². The fourth-order valence-electron chi connectivity index (χ4n) is 1.35. The van der Waals surface area contributed by atoms with E-state index in [0.717, 1.165) is 13.0 Å². The van der Waals surface area contributed by atoms with Crippen molar-refractivity contribution >= 4 is 11.7 Å². The molecular formula is C10H18N4O. The van der Waals surface area contributed by atoms with Crippen molar-refractivity contribution in [3.63, 3.8) is 0 Å². The van der Waals surface area contributed by atoms with Crippen LogP contribution in [0.5, 0.6) is 0 Å². The summed E-state index contributed by atoms with van der Waals surface area (Å²) in [6.07, 6.45) is 2.52. The SMILES string of the molecule is CCC(C)CN(C)C(=O)c1cn[nH]c1N. The van der Waals surface area contributed by atoms with Gasteiger partial charge in [0.15, 0.2) is 0 Å². The second-order valence-electron chi connectivity index (χ2n) is 3.90. The quantitative estimate of drug-likeness (QED) is 0.781. The largest absolute Gasteiger partial charge is 0.383 e. The average molecular weight is 210 g/mol. The van der Waals surface area contributed by atoms with Gasteiger partial charge in [-0.3, -0.25) is 9.89 Å². The number of nitrogens with one attached hydrogen (secondary N) is 1. The number of hydrogen-bond acceptors (Lipinski definition) is 3. The van der Waals surface area contributed by atoms with E-state index in [1.807, 2.05) is 0 Å². The van der Waals surface area contributed by atoms with Gasteiger partial charge in [-0.25, -0.2) is 0 Å². The number of carbonyl (C=O) groups excluding carboxylic acids is 1. The van der Waals surface area contributed by atoms with Crippen LogP contribution in [-0.4, -0.2) is 34.6 Å². The number of amides is 1. The summed E-state index contributed by atoms with van der Waals surface area (Å²) >= 11 is 0. The maximum absolute atomic E-state index is 11.9. The second kappa shape index (κ2) is 4.82. The van der Waals surface area contributed by atoms with Crippen LogP contribution in [0.1, 0.15) is 30.6 Å². The van der Waals surface area contributed by atoms with Crippen LogP contribution in [0, 0.1) is 5.92 Å². The molecule has 1 unspecified atom stereocenters. The van der Waals surface area contributed by atoms with Crippen molar-refractivity contribution in [3.05, 3.63) is 11.8 Å². The van der Waals surface area contributed by atoms with Gasteiger partial charge >= 0.3 is 0 Å². The first-order valence-corrected chi connectivity index (χ1v) is 5.10. The Balaban J connectivity index is 2.65. The summed E-state index contributed by atoms with van der Waals surface area (Å²) in [5.74, 6) is 0.740. The molecule has 0 aliphatic rings. The molecule has 3 N–H and O–H groups in total. The standard InChI is InChI=1S/C10H18N4O/c1-4-7(2)6-14(3)10(15)8-5-12-13-9(8)11/h5,7H,4,6H2,1-3H3,(H3,11,12,13). The number of aromatic amines is 1. The number of nitrogen functional groups attached to an aromatic ring is 1. The van der Waals surface area contributed by atoms with E-state index < -0.39 is 0 Å². The molecule has 0 spiro atoms. The molecule has 0 aliphatic heterocycles. The number of hydrogen-bond donors (Lipinski definition) is 2. The van der Waals surface area contributed by atoms with Gasteiger partial charge in [0.25, 0.3) is 5.91 Å². The van der Waals surface area contributed by atoms with Crippen molar-refractivity contribution in [3.8, 4) is 0 Å². The Hall–Kier alpha value is -1.52. The van der Waals surface area contributed by atoms with Crippen LogP contribution in [-0.2, 0) is 0 Å². The van der Waals surface area contributed by atoms with Crippen molar-refractivity contribution in [2.24, 2.45) is 5.92 Å². The molecule has 5 nitrogen and oxygen atoms in total. The first-order chi connectivity index (χ1) is 7.06. The third-order valence-corrected chi connectivity index (χ3v) is 2.53. The van der Waals surface area contributed by atoms with E-state index >= 15 is 0 Å². The number of carbonyl (C=O) groups is 1. The van der Waals surface area contributed by atoms with Gasteiger partial charge < -0.3 is 10.6 Å². The lowest BCUT2D eigenvalue weighted by Crippen LogP contribution is -2.31. The molecule has 1 aromatic heterocycles. The summed E-state index contributed by atoms with van der Waals surface area (Å²) in [4.78, 5) is 13.5. The normalized spacial score (nSPS) is 12.5. The number of anilines is 1. The van der Waals surface area contributed by atoms with E-state index in [0.29, 0.717) is 17.3 Å². The molecule has 0 aromatic carbocycles. The zero-order valence-electron chi connectivity index (χ0n) is 9.45.